The van der Waals surface area contributed by atoms with Gasteiger partial charge in [0.25, 0.3) is 0 Å². The SMILES string of the molecule is C=CCNC(=NC)NCC(c1cccc(OC)c1)N(CC)CC.I. The number of nitrogens with zero attached hydrogens (tertiary/aromatic N) is 2. The molecule has 0 radical (unpaired) electrons. The Kier molecular flexibility index (Phi) is 12.4. The summed E-state index contributed by atoms with van der Waals surface area (Å²) in [5, 5.41) is 6.60. The van der Waals surface area contributed by atoms with E-state index in [0.717, 1.165) is 31.3 Å². The standard InChI is InChI=1S/C18H30N4O.HI/c1-6-12-20-18(19-4)21-14-17(22(7-2)8-3)15-10-9-11-16(13-15)23-5;/h6,9-11,13,17H,1,7-8,12,14H2,2-5H3,(H2,19,20,21);1H. The third-order valence-corrected chi connectivity index (χ3v) is 3.83. The van der Waals surface area contributed by atoms with Crippen LogP contribution in [0, 0.1) is 0 Å². The Morgan fingerprint density at radius 2 is 2.04 bits per heavy atom. The minimum atomic E-state index is 0. The average Bonchev–Trinajstić information content (AvgIpc) is 2.61. The molecule has 0 aliphatic heterocycles. The second-order valence-corrected chi connectivity index (χ2v) is 5.14. The van der Waals surface area contributed by atoms with E-state index in [0.29, 0.717) is 6.54 Å². The van der Waals surface area contributed by atoms with Crippen LogP contribution in [-0.4, -0.2) is 51.2 Å². The van der Waals surface area contributed by atoms with Gasteiger partial charge in [-0.05, 0) is 30.8 Å². The molecule has 6 heteroatoms. The van der Waals surface area contributed by atoms with Crippen molar-refractivity contribution in [3.8, 4) is 5.75 Å². The van der Waals surface area contributed by atoms with Gasteiger partial charge in [-0.1, -0.05) is 32.1 Å². The molecule has 1 atom stereocenters. The highest BCUT2D eigenvalue weighted by atomic mass is 127. The minimum absolute atomic E-state index is 0. The molecule has 0 aromatic heterocycles. The lowest BCUT2D eigenvalue weighted by Gasteiger charge is -2.31. The van der Waals surface area contributed by atoms with Crippen molar-refractivity contribution in [1.82, 2.24) is 15.5 Å². The molecule has 1 aromatic rings. The summed E-state index contributed by atoms with van der Waals surface area (Å²) in [6.45, 7) is 11.5. The van der Waals surface area contributed by atoms with Crippen LogP contribution in [0.3, 0.4) is 0 Å². The van der Waals surface area contributed by atoms with Crippen molar-refractivity contribution in [3.63, 3.8) is 0 Å². The predicted octanol–water partition coefficient (Wildman–Crippen LogP) is 3.05. The summed E-state index contributed by atoms with van der Waals surface area (Å²) in [6.07, 6.45) is 1.82. The molecule has 0 aliphatic rings. The number of rotatable bonds is 9. The Morgan fingerprint density at radius 1 is 1.33 bits per heavy atom. The van der Waals surface area contributed by atoms with Gasteiger partial charge in [0.05, 0.1) is 13.2 Å². The highest BCUT2D eigenvalue weighted by Gasteiger charge is 2.18. The maximum absolute atomic E-state index is 5.37. The van der Waals surface area contributed by atoms with Crippen molar-refractivity contribution in [1.29, 1.82) is 0 Å². The fourth-order valence-electron chi connectivity index (χ4n) is 2.55. The number of guanidine groups is 1. The van der Waals surface area contributed by atoms with Crippen LogP contribution < -0.4 is 15.4 Å². The Balaban J connectivity index is 0.00000529. The number of nitrogens with one attached hydrogen (secondary N) is 2. The van der Waals surface area contributed by atoms with Gasteiger partial charge in [-0.3, -0.25) is 9.89 Å². The zero-order valence-electron chi connectivity index (χ0n) is 15.2. The molecule has 1 rings (SSSR count). The number of halogens is 1. The van der Waals surface area contributed by atoms with Gasteiger partial charge in [-0.15, -0.1) is 30.6 Å². The largest absolute Gasteiger partial charge is 0.497 e. The number of benzene rings is 1. The Hall–Kier alpha value is -1.28. The number of aliphatic imine (C=N–C) groups is 1. The molecule has 0 saturated heterocycles. The number of likely N-dealkylation sites (N-methyl/N-ethyl adjacent to an activating group) is 1. The van der Waals surface area contributed by atoms with Crippen molar-refractivity contribution in [2.75, 3.05) is 40.3 Å². The van der Waals surface area contributed by atoms with E-state index < -0.39 is 0 Å². The third-order valence-electron chi connectivity index (χ3n) is 3.83. The fraction of sp³-hybridized carbons (Fsp3) is 0.500. The van der Waals surface area contributed by atoms with E-state index in [4.69, 9.17) is 4.74 Å². The maximum atomic E-state index is 5.37. The molecular weight excluding hydrogens is 415 g/mol. The Morgan fingerprint density at radius 3 is 2.58 bits per heavy atom. The summed E-state index contributed by atoms with van der Waals surface area (Å²) in [6, 6.07) is 8.51. The van der Waals surface area contributed by atoms with Gasteiger partial charge in [0.2, 0.25) is 0 Å². The van der Waals surface area contributed by atoms with E-state index in [1.807, 2.05) is 18.2 Å². The molecule has 5 nitrogen and oxygen atoms in total. The van der Waals surface area contributed by atoms with Gasteiger partial charge in [-0.2, -0.15) is 0 Å². The van der Waals surface area contributed by atoms with Gasteiger partial charge in [0, 0.05) is 20.1 Å². The zero-order chi connectivity index (χ0) is 17.1. The molecule has 0 fully saturated rings. The van der Waals surface area contributed by atoms with Crippen LogP contribution in [0.25, 0.3) is 0 Å². The van der Waals surface area contributed by atoms with E-state index in [1.165, 1.54) is 5.56 Å². The zero-order valence-corrected chi connectivity index (χ0v) is 17.5. The van der Waals surface area contributed by atoms with Crippen LogP contribution >= 0.6 is 24.0 Å². The van der Waals surface area contributed by atoms with Gasteiger partial charge in [0.15, 0.2) is 5.96 Å². The minimum Gasteiger partial charge on any atom is -0.497 e. The lowest BCUT2D eigenvalue weighted by atomic mass is 10.0. The third kappa shape index (κ3) is 7.09. The van der Waals surface area contributed by atoms with Gasteiger partial charge >= 0.3 is 0 Å². The van der Waals surface area contributed by atoms with E-state index in [-0.39, 0.29) is 30.0 Å². The summed E-state index contributed by atoms with van der Waals surface area (Å²) in [7, 11) is 3.47. The lowest BCUT2D eigenvalue weighted by Crippen LogP contribution is -2.43. The molecule has 2 N–H and O–H groups in total. The molecule has 24 heavy (non-hydrogen) atoms. The molecule has 0 spiro atoms. The number of methoxy groups -OCH3 is 1. The smallest absolute Gasteiger partial charge is 0.191 e. The van der Waals surface area contributed by atoms with Crippen molar-refractivity contribution in [3.05, 3.63) is 42.5 Å². The van der Waals surface area contributed by atoms with Crippen molar-refractivity contribution < 1.29 is 4.74 Å². The summed E-state index contributed by atoms with van der Waals surface area (Å²) < 4.78 is 5.37. The van der Waals surface area contributed by atoms with Crippen molar-refractivity contribution in [2.45, 2.75) is 19.9 Å². The second-order valence-electron chi connectivity index (χ2n) is 5.14. The Bertz CT molecular complexity index is 504. The monoisotopic (exact) mass is 446 g/mol. The highest BCUT2D eigenvalue weighted by molar-refractivity contribution is 14.0. The first-order valence-corrected chi connectivity index (χ1v) is 8.13. The molecule has 0 bridgehead atoms. The summed E-state index contributed by atoms with van der Waals surface area (Å²) in [5.41, 5.74) is 1.24. The summed E-state index contributed by atoms with van der Waals surface area (Å²) in [4.78, 5) is 6.66. The molecule has 1 aromatic carbocycles. The Labute approximate surface area is 163 Å². The van der Waals surface area contributed by atoms with Gasteiger partial charge < -0.3 is 15.4 Å². The normalized spacial score (nSPS) is 12.3. The second kappa shape index (κ2) is 13.1. The summed E-state index contributed by atoms with van der Waals surface area (Å²) in [5.74, 6) is 1.67. The lowest BCUT2D eigenvalue weighted by molar-refractivity contribution is 0.218. The van der Waals surface area contributed by atoms with E-state index in [1.54, 1.807) is 14.2 Å². The number of hydrogen-bond donors (Lipinski definition) is 2. The van der Waals surface area contributed by atoms with Crippen LogP contribution in [0.2, 0.25) is 0 Å². The molecule has 0 aliphatic carbocycles. The topological polar surface area (TPSA) is 48.9 Å². The van der Waals surface area contributed by atoms with Crippen LogP contribution in [0.1, 0.15) is 25.5 Å². The first-order valence-electron chi connectivity index (χ1n) is 8.13. The molecule has 0 heterocycles. The van der Waals surface area contributed by atoms with Crippen molar-refractivity contribution >= 4 is 29.9 Å². The molecular formula is C18H31IN4O. The van der Waals surface area contributed by atoms with E-state index >= 15 is 0 Å². The first-order chi connectivity index (χ1) is 11.2. The van der Waals surface area contributed by atoms with Crippen LogP contribution in [-0.2, 0) is 0 Å². The fourth-order valence-corrected chi connectivity index (χ4v) is 2.55. The van der Waals surface area contributed by atoms with E-state index in [9.17, 15) is 0 Å². The predicted molar refractivity (Wildman–Crippen MR) is 114 cm³/mol. The average molecular weight is 446 g/mol. The van der Waals surface area contributed by atoms with Crippen molar-refractivity contribution in [2.24, 2.45) is 4.99 Å². The quantitative estimate of drug-likeness (QED) is 0.265. The number of ether oxygens (including phenoxy) is 1. The molecule has 1 unspecified atom stereocenters. The number of hydrogen-bond acceptors (Lipinski definition) is 3. The van der Waals surface area contributed by atoms with Gasteiger partial charge in [0.1, 0.15) is 5.75 Å². The van der Waals surface area contributed by atoms with Crippen LogP contribution in [0.4, 0.5) is 0 Å². The first kappa shape index (κ1) is 22.7. The van der Waals surface area contributed by atoms with Crippen LogP contribution in [0.5, 0.6) is 5.75 Å². The molecule has 136 valence electrons. The highest BCUT2D eigenvalue weighted by Crippen LogP contribution is 2.23. The summed E-state index contributed by atoms with van der Waals surface area (Å²) >= 11 is 0. The van der Waals surface area contributed by atoms with E-state index in [2.05, 4.69) is 53.1 Å². The molecule has 0 saturated carbocycles. The maximum Gasteiger partial charge on any atom is 0.191 e. The molecule has 0 amide bonds. The van der Waals surface area contributed by atoms with Crippen LogP contribution in [0.15, 0.2) is 41.9 Å². The van der Waals surface area contributed by atoms with Gasteiger partial charge in [-0.25, -0.2) is 0 Å².